The van der Waals surface area contributed by atoms with Gasteiger partial charge in [0.05, 0.1) is 7.11 Å². The molecule has 0 aliphatic rings. The van der Waals surface area contributed by atoms with Crippen molar-refractivity contribution in [2.45, 2.75) is 36.6 Å². The van der Waals surface area contributed by atoms with Crippen molar-refractivity contribution in [3.05, 3.63) is 66.0 Å². The Labute approximate surface area is 174 Å². The summed E-state index contributed by atoms with van der Waals surface area (Å²) >= 11 is 1.26. The van der Waals surface area contributed by atoms with Crippen LogP contribution < -0.4 is 15.9 Å². The third-order valence-corrected chi connectivity index (χ3v) is 5.45. The molecule has 8 heteroatoms. The number of ether oxygens (including phenoxy) is 1. The minimum absolute atomic E-state index is 0.185. The van der Waals surface area contributed by atoms with Crippen LogP contribution >= 0.6 is 11.8 Å². The van der Waals surface area contributed by atoms with E-state index >= 15 is 0 Å². The molecule has 1 atom stereocenters. The van der Waals surface area contributed by atoms with E-state index in [1.165, 1.54) is 16.4 Å². The van der Waals surface area contributed by atoms with E-state index in [9.17, 15) is 4.79 Å². The van der Waals surface area contributed by atoms with Crippen molar-refractivity contribution < 1.29 is 9.53 Å². The Morgan fingerprint density at radius 1 is 1.14 bits per heavy atom. The second kappa shape index (κ2) is 8.57. The Morgan fingerprint density at radius 2 is 1.86 bits per heavy atom. The quantitative estimate of drug-likeness (QED) is 0.474. The van der Waals surface area contributed by atoms with Gasteiger partial charge in [0.25, 0.3) is 0 Å². The first-order chi connectivity index (χ1) is 13.8. The van der Waals surface area contributed by atoms with Crippen LogP contribution in [0.25, 0.3) is 0 Å². The number of hydrogen-bond acceptors (Lipinski definition) is 6. The van der Waals surface area contributed by atoms with Crippen molar-refractivity contribution in [3.63, 3.8) is 0 Å². The summed E-state index contributed by atoms with van der Waals surface area (Å²) in [5.41, 5.74) is 1.24. The Balaban J connectivity index is 1.89. The van der Waals surface area contributed by atoms with E-state index in [0.717, 1.165) is 5.56 Å². The van der Waals surface area contributed by atoms with Gasteiger partial charge in [-0.15, -0.1) is 10.2 Å². The second-order valence-corrected chi connectivity index (χ2v) is 8.63. The van der Waals surface area contributed by atoms with Gasteiger partial charge in [0.15, 0.2) is 5.82 Å². The highest BCUT2D eigenvalue weighted by molar-refractivity contribution is 8.00. The minimum Gasteiger partial charge on any atom is -0.497 e. The first-order valence-electron chi connectivity index (χ1n) is 9.17. The molecule has 0 aliphatic carbocycles. The average Bonchev–Trinajstić information content (AvgIpc) is 3.07. The normalized spacial score (nSPS) is 12.4. The number of carbonyl (C=O) groups is 1. The predicted octanol–water partition coefficient (Wildman–Crippen LogP) is 3.77. The summed E-state index contributed by atoms with van der Waals surface area (Å²) in [6.45, 7) is 6.04. The molecule has 0 bridgehead atoms. The smallest absolute Gasteiger partial charge is 0.242 e. The molecule has 0 spiro atoms. The molecule has 3 aromatic rings. The van der Waals surface area contributed by atoms with Crippen LogP contribution in [0.5, 0.6) is 5.75 Å². The largest absolute Gasteiger partial charge is 0.497 e. The molecule has 2 aromatic carbocycles. The summed E-state index contributed by atoms with van der Waals surface area (Å²) in [6.07, 6.45) is 0. The first-order valence-corrected chi connectivity index (χ1v) is 10.0. The number of thioether (sulfide) groups is 1. The SMILES string of the molecule is COc1cccc(NC(=O)C(Sc2nnc(C(C)(C)C)n2N)c2ccccc2)c1. The highest BCUT2D eigenvalue weighted by atomic mass is 32.2. The fourth-order valence-electron chi connectivity index (χ4n) is 2.78. The van der Waals surface area contributed by atoms with Gasteiger partial charge < -0.3 is 15.9 Å². The molecule has 1 amide bonds. The lowest BCUT2D eigenvalue weighted by molar-refractivity contribution is -0.115. The average molecular weight is 412 g/mol. The highest BCUT2D eigenvalue weighted by Gasteiger charge is 2.28. The summed E-state index contributed by atoms with van der Waals surface area (Å²) < 4.78 is 6.69. The van der Waals surface area contributed by atoms with Gasteiger partial charge in [-0.2, -0.15) is 0 Å². The molecule has 1 aromatic heterocycles. The number of amides is 1. The molecule has 0 saturated heterocycles. The summed E-state index contributed by atoms with van der Waals surface area (Å²) in [7, 11) is 1.59. The molecule has 1 heterocycles. The molecule has 0 saturated carbocycles. The van der Waals surface area contributed by atoms with Gasteiger partial charge in [-0.1, -0.05) is 68.9 Å². The Hall–Kier alpha value is -3.00. The number of nitrogens with one attached hydrogen (secondary N) is 1. The maximum atomic E-state index is 13.2. The van der Waals surface area contributed by atoms with Crippen LogP contribution in [-0.4, -0.2) is 27.9 Å². The molecule has 3 rings (SSSR count). The standard InChI is InChI=1S/C21H25N5O2S/c1-21(2,3)19-24-25-20(26(19)22)29-17(14-9-6-5-7-10-14)18(27)23-15-11-8-12-16(13-15)28-4/h5-13,17H,22H2,1-4H3,(H,23,27). The molecule has 0 radical (unpaired) electrons. The van der Waals surface area contributed by atoms with Crippen molar-refractivity contribution in [3.8, 4) is 5.75 Å². The van der Waals surface area contributed by atoms with E-state index < -0.39 is 5.25 Å². The summed E-state index contributed by atoms with van der Waals surface area (Å²) in [5.74, 6) is 7.37. The van der Waals surface area contributed by atoms with Gasteiger partial charge in [-0.3, -0.25) is 4.79 Å². The van der Waals surface area contributed by atoms with Gasteiger partial charge in [-0.25, -0.2) is 4.68 Å². The molecule has 3 N–H and O–H groups in total. The number of anilines is 1. The molecule has 1 unspecified atom stereocenters. The number of aromatic nitrogens is 3. The summed E-state index contributed by atoms with van der Waals surface area (Å²) in [6, 6.07) is 16.8. The molecular formula is C21H25N5O2S. The predicted molar refractivity (Wildman–Crippen MR) is 116 cm³/mol. The number of nitrogen functional groups attached to an aromatic ring is 1. The van der Waals surface area contributed by atoms with Crippen molar-refractivity contribution in [2.24, 2.45) is 0 Å². The molecule has 7 nitrogen and oxygen atoms in total. The maximum Gasteiger partial charge on any atom is 0.242 e. The van der Waals surface area contributed by atoms with Crippen LogP contribution in [0.3, 0.4) is 0 Å². The van der Waals surface area contributed by atoms with Crippen LogP contribution in [0, 0.1) is 0 Å². The van der Waals surface area contributed by atoms with E-state index in [2.05, 4.69) is 15.5 Å². The fraction of sp³-hybridized carbons (Fsp3) is 0.286. The van der Waals surface area contributed by atoms with Gasteiger partial charge >= 0.3 is 0 Å². The number of nitrogens with zero attached hydrogens (tertiary/aromatic N) is 3. The Kier molecular flexibility index (Phi) is 6.12. The lowest BCUT2D eigenvalue weighted by Gasteiger charge is -2.19. The van der Waals surface area contributed by atoms with Gasteiger partial charge in [0.2, 0.25) is 11.1 Å². The van der Waals surface area contributed by atoms with E-state index in [4.69, 9.17) is 10.6 Å². The van der Waals surface area contributed by atoms with Crippen LogP contribution in [0.15, 0.2) is 59.8 Å². The second-order valence-electron chi connectivity index (χ2n) is 7.56. The number of rotatable bonds is 6. The van der Waals surface area contributed by atoms with Crippen molar-refractivity contribution in [1.29, 1.82) is 0 Å². The number of hydrogen-bond donors (Lipinski definition) is 2. The number of methoxy groups -OCH3 is 1. The molecular weight excluding hydrogens is 386 g/mol. The van der Waals surface area contributed by atoms with Gasteiger partial charge in [0, 0.05) is 17.2 Å². The van der Waals surface area contributed by atoms with E-state index in [1.54, 1.807) is 13.2 Å². The van der Waals surface area contributed by atoms with Crippen molar-refractivity contribution >= 4 is 23.4 Å². The Bertz CT molecular complexity index is 982. The Morgan fingerprint density at radius 3 is 2.48 bits per heavy atom. The number of carbonyl (C=O) groups excluding carboxylic acids is 1. The van der Waals surface area contributed by atoms with Crippen LogP contribution in [0.4, 0.5) is 5.69 Å². The minimum atomic E-state index is -0.554. The lowest BCUT2D eigenvalue weighted by atomic mass is 9.96. The first kappa shape index (κ1) is 20.7. The monoisotopic (exact) mass is 411 g/mol. The van der Waals surface area contributed by atoms with Crippen LogP contribution in [0.2, 0.25) is 0 Å². The number of nitrogens with two attached hydrogens (primary N) is 1. The van der Waals surface area contributed by atoms with Crippen LogP contribution in [-0.2, 0) is 10.2 Å². The maximum absolute atomic E-state index is 13.2. The van der Waals surface area contributed by atoms with Crippen LogP contribution in [0.1, 0.15) is 37.4 Å². The molecule has 29 heavy (non-hydrogen) atoms. The van der Waals surface area contributed by atoms with Gasteiger partial charge in [0.1, 0.15) is 11.0 Å². The van der Waals surface area contributed by atoms with E-state index in [0.29, 0.717) is 22.4 Å². The fourth-order valence-corrected chi connectivity index (χ4v) is 3.74. The van der Waals surface area contributed by atoms with Crippen molar-refractivity contribution in [2.75, 3.05) is 18.3 Å². The number of benzene rings is 2. The van der Waals surface area contributed by atoms with E-state index in [1.807, 2.05) is 69.3 Å². The van der Waals surface area contributed by atoms with Crippen molar-refractivity contribution in [1.82, 2.24) is 14.9 Å². The third-order valence-electron chi connectivity index (χ3n) is 4.24. The highest BCUT2D eigenvalue weighted by Crippen LogP contribution is 2.36. The molecule has 0 aliphatic heterocycles. The summed E-state index contributed by atoms with van der Waals surface area (Å²) in [4.78, 5) is 13.2. The molecule has 152 valence electrons. The zero-order valence-corrected chi connectivity index (χ0v) is 17.7. The summed E-state index contributed by atoms with van der Waals surface area (Å²) in [5, 5.41) is 11.3. The zero-order valence-electron chi connectivity index (χ0n) is 16.9. The zero-order chi connectivity index (χ0) is 21.0. The third kappa shape index (κ3) is 4.89. The lowest BCUT2D eigenvalue weighted by Crippen LogP contribution is -2.25. The molecule has 0 fully saturated rings. The topological polar surface area (TPSA) is 95.1 Å². The van der Waals surface area contributed by atoms with E-state index in [-0.39, 0.29) is 11.3 Å². The van der Waals surface area contributed by atoms with Gasteiger partial charge in [-0.05, 0) is 17.7 Å².